The van der Waals surface area contributed by atoms with E-state index in [4.69, 9.17) is 16.3 Å². The van der Waals surface area contributed by atoms with Crippen LogP contribution in [0.25, 0.3) is 16.6 Å². The highest BCUT2D eigenvalue weighted by Crippen LogP contribution is 2.30. The molecule has 0 spiro atoms. The third-order valence-corrected chi connectivity index (χ3v) is 5.77. The minimum Gasteiger partial charge on any atom is -0.497 e. The third kappa shape index (κ3) is 3.86. The van der Waals surface area contributed by atoms with E-state index in [0.29, 0.717) is 16.0 Å². The van der Waals surface area contributed by atoms with E-state index in [2.05, 4.69) is 20.5 Å². The SMILES string of the molecule is COc1ccc2c(C)cc3nnc(SC(C)C(=O)Nc4ccc(Cl)cn4)n3c2c1. The summed E-state index contributed by atoms with van der Waals surface area (Å²) in [5, 5.41) is 13.2. The molecule has 0 fully saturated rings. The van der Waals surface area contributed by atoms with Gasteiger partial charge in [0.05, 0.1) is 22.9 Å². The average Bonchev–Trinajstić information content (AvgIpc) is 3.11. The van der Waals surface area contributed by atoms with Gasteiger partial charge in [0.2, 0.25) is 5.91 Å². The molecule has 0 aliphatic rings. The van der Waals surface area contributed by atoms with E-state index < -0.39 is 5.25 Å². The van der Waals surface area contributed by atoms with Gasteiger partial charge in [0.25, 0.3) is 0 Å². The van der Waals surface area contributed by atoms with Gasteiger partial charge in [-0.15, -0.1) is 10.2 Å². The number of thioether (sulfide) groups is 1. The zero-order valence-electron chi connectivity index (χ0n) is 16.0. The van der Waals surface area contributed by atoms with Crippen LogP contribution in [-0.2, 0) is 4.79 Å². The standard InChI is InChI=1S/C20H18ClN5O2S/c1-11-8-18-24-25-20(26(18)16-9-14(28-3)5-6-15(11)16)29-12(2)19(27)23-17-7-4-13(21)10-22-17/h4-10,12H,1-3H3,(H,22,23,27). The number of methoxy groups -OCH3 is 1. The molecule has 0 aliphatic carbocycles. The molecule has 4 aromatic rings. The third-order valence-electron chi connectivity index (χ3n) is 4.50. The van der Waals surface area contributed by atoms with Crippen LogP contribution in [0.5, 0.6) is 5.75 Å². The molecule has 29 heavy (non-hydrogen) atoms. The number of amides is 1. The van der Waals surface area contributed by atoms with Crippen molar-refractivity contribution in [3.8, 4) is 5.75 Å². The van der Waals surface area contributed by atoms with Crippen LogP contribution in [0, 0.1) is 6.92 Å². The summed E-state index contributed by atoms with van der Waals surface area (Å²) < 4.78 is 7.32. The number of benzene rings is 1. The van der Waals surface area contributed by atoms with Crippen LogP contribution in [0.2, 0.25) is 5.02 Å². The largest absolute Gasteiger partial charge is 0.497 e. The molecule has 148 valence electrons. The molecule has 1 atom stereocenters. The van der Waals surface area contributed by atoms with Crippen LogP contribution in [0.4, 0.5) is 5.82 Å². The number of nitrogens with one attached hydrogen (secondary N) is 1. The number of hydrogen-bond donors (Lipinski definition) is 1. The molecule has 1 amide bonds. The lowest BCUT2D eigenvalue weighted by Gasteiger charge is -2.12. The number of aromatic nitrogens is 4. The summed E-state index contributed by atoms with van der Waals surface area (Å²) in [7, 11) is 1.63. The second-order valence-electron chi connectivity index (χ2n) is 6.50. The van der Waals surface area contributed by atoms with E-state index >= 15 is 0 Å². The number of anilines is 1. The quantitative estimate of drug-likeness (QED) is 0.476. The molecular formula is C20H18ClN5O2S. The fourth-order valence-corrected chi connectivity index (χ4v) is 3.97. The van der Waals surface area contributed by atoms with Crippen molar-refractivity contribution in [3.63, 3.8) is 0 Å². The van der Waals surface area contributed by atoms with Crippen LogP contribution in [-0.4, -0.2) is 37.8 Å². The maximum Gasteiger partial charge on any atom is 0.238 e. The molecule has 1 aromatic carbocycles. The Labute approximate surface area is 176 Å². The Morgan fingerprint density at radius 2 is 2.07 bits per heavy atom. The maximum absolute atomic E-state index is 12.6. The summed E-state index contributed by atoms with van der Waals surface area (Å²) in [6.07, 6.45) is 1.49. The van der Waals surface area contributed by atoms with Crippen LogP contribution < -0.4 is 10.1 Å². The van der Waals surface area contributed by atoms with E-state index in [0.717, 1.165) is 27.9 Å². The zero-order valence-corrected chi connectivity index (χ0v) is 17.6. The molecule has 3 aromatic heterocycles. The first-order valence-electron chi connectivity index (χ1n) is 8.88. The van der Waals surface area contributed by atoms with Crippen molar-refractivity contribution in [2.75, 3.05) is 12.4 Å². The van der Waals surface area contributed by atoms with Crippen LogP contribution in [0.1, 0.15) is 12.5 Å². The van der Waals surface area contributed by atoms with Gasteiger partial charge in [-0.25, -0.2) is 4.98 Å². The normalized spacial score (nSPS) is 12.3. The second-order valence-corrected chi connectivity index (χ2v) is 8.24. The summed E-state index contributed by atoms with van der Waals surface area (Å²) in [6.45, 7) is 3.85. The van der Waals surface area contributed by atoms with E-state index in [1.165, 1.54) is 18.0 Å². The Morgan fingerprint density at radius 3 is 2.79 bits per heavy atom. The number of nitrogens with zero attached hydrogens (tertiary/aromatic N) is 4. The van der Waals surface area contributed by atoms with Crippen molar-refractivity contribution >= 4 is 51.6 Å². The summed E-state index contributed by atoms with van der Waals surface area (Å²) in [5.74, 6) is 1.01. The van der Waals surface area contributed by atoms with Crippen molar-refractivity contribution < 1.29 is 9.53 Å². The van der Waals surface area contributed by atoms with Gasteiger partial charge in [-0.2, -0.15) is 0 Å². The van der Waals surface area contributed by atoms with Crippen LogP contribution in [0.15, 0.2) is 47.8 Å². The number of hydrogen-bond acceptors (Lipinski definition) is 6. The molecular weight excluding hydrogens is 410 g/mol. The highest BCUT2D eigenvalue weighted by Gasteiger charge is 2.20. The van der Waals surface area contributed by atoms with Gasteiger partial charge in [0.1, 0.15) is 11.6 Å². The van der Waals surface area contributed by atoms with E-state index in [1.807, 2.05) is 42.5 Å². The summed E-state index contributed by atoms with van der Waals surface area (Å²) >= 11 is 7.16. The number of carbonyl (C=O) groups is 1. The fourth-order valence-electron chi connectivity index (χ4n) is 3.00. The van der Waals surface area contributed by atoms with Crippen LogP contribution in [0.3, 0.4) is 0 Å². The van der Waals surface area contributed by atoms with E-state index in [9.17, 15) is 4.79 Å². The lowest BCUT2D eigenvalue weighted by Crippen LogP contribution is -2.23. The molecule has 9 heteroatoms. The smallest absolute Gasteiger partial charge is 0.238 e. The number of carbonyl (C=O) groups excluding carboxylic acids is 1. The number of pyridine rings is 2. The molecule has 1 N–H and O–H groups in total. The van der Waals surface area contributed by atoms with Gasteiger partial charge < -0.3 is 10.1 Å². The lowest BCUT2D eigenvalue weighted by atomic mass is 10.1. The van der Waals surface area contributed by atoms with Gasteiger partial charge in [-0.05, 0) is 49.7 Å². The van der Waals surface area contributed by atoms with Gasteiger partial charge >= 0.3 is 0 Å². The molecule has 1 unspecified atom stereocenters. The van der Waals surface area contributed by atoms with Gasteiger partial charge in [-0.3, -0.25) is 9.20 Å². The van der Waals surface area contributed by atoms with E-state index in [1.54, 1.807) is 19.2 Å². The first kappa shape index (κ1) is 19.5. The lowest BCUT2D eigenvalue weighted by molar-refractivity contribution is -0.115. The molecule has 7 nitrogen and oxygen atoms in total. The van der Waals surface area contributed by atoms with Crippen molar-refractivity contribution in [1.82, 2.24) is 19.6 Å². The van der Waals surface area contributed by atoms with Crippen molar-refractivity contribution in [2.24, 2.45) is 0 Å². The number of rotatable bonds is 5. The Morgan fingerprint density at radius 1 is 1.24 bits per heavy atom. The Hall–Kier alpha value is -2.84. The van der Waals surface area contributed by atoms with Crippen molar-refractivity contribution in [2.45, 2.75) is 24.3 Å². The highest BCUT2D eigenvalue weighted by molar-refractivity contribution is 8.00. The van der Waals surface area contributed by atoms with Crippen molar-refractivity contribution in [3.05, 3.63) is 53.2 Å². The van der Waals surface area contributed by atoms with Crippen molar-refractivity contribution in [1.29, 1.82) is 0 Å². The first-order chi connectivity index (χ1) is 14.0. The topological polar surface area (TPSA) is 81.4 Å². The summed E-state index contributed by atoms with van der Waals surface area (Å²) in [6, 6.07) is 11.2. The number of aryl methyl sites for hydroxylation is 1. The van der Waals surface area contributed by atoms with Gasteiger partial charge in [-0.1, -0.05) is 23.4 Å². The molecule has 0 radical (unpaired) electrons. The summed E-state index contributed by atoms with van der Waals surface area (Å²) in [5.41, 5.74) is 2.75. The molecule has 0 saturated heterocycles. The predicted molar refractivity (Wildman–Crippen MR) is 115 cm³/mol. The number of halogens is 1. The summed E-state index contributed by atoms with van der Waals surface area (Å²) in [4.78, 5) is 16.7. The van der Waals surface area contributed by atoms with Gasteiger partial charge in [0.15, 0.2) is 10.8 Å². The molecule has 0 saturated carbocycles. The average molecular weight is 428 g/mol. The predicted octanol–water partition coefficient (Wildman–Crippen LogP) is 4.37. The maximum atomic E-state index is 12.6. The Balaban J connectivity index is 1.66. The van der Waals surface area contributed by atoms with Crippen LogP contribution >= 0.6 is 23.4 Å². The fraction of sp³-hybridized carbons (Fsp3) is 0.200. The molecule has 0 bridgehead atoms. The number of fused-ring (bicyclic) bond motifs is 3. The minimum atomic E-state index is -0.415. The highest BCUT2D eigenvalue weighted by atomic mass is 35.5. The monoisotopic (exact) mass is 427 g/mol. The molecule has 0 aliphatic heterocycles. The number of ether oxygens (including phenoxy) is 1. The zero-order chi connectivity index (χ0) is 20.5. The molecule has 3 heterocycles. The minimum absolute atomic E-state index is 0.185. The Kier molecular flexibility index (Phi) is 5.29. The van der Waals surface area contributed by atoms with E-state index in [-0.39, 0.29) is 5.91 Å². The Bertz CT molecular complexity index is 1210. The second kappa shape index (κ2) is 7.88. The molecule has 4 rings (SSSR count). The van der Waals surface area contributed by atoms with Gasteiger partial charge in [0, 0.05) is 17.6 Å². The first-order valence-corrected chi connectivity index (χ1v) is 10.1.